The van der Waals surface area contributed by atoms with E-state index in [4.69, 9.17) is 5.90 Å². The van der Waals surface area contributed by atoms with Crippen LogP contribution in [0.3, 0.4) is 0 Å². The topological polar surface area (TPSA) is 48.1 Å². The van der Waals surface area contributed by atoms with Gasteiger partial charge in [-0.3, -0.25) is 9.82 Å². The molecule has 0 aliphatic rings. The highest BCUT2D eigenvalue weighted by atomic mass is 16.6. The molecule has 1 heterocycles. The molecule has 0 atom stereocenters. The van der Waals surface area contributed by atoms with E-state index < -0.39 is 0 Å². The Morgan fingerprint density at radius 1 is 1.07 bits per heavy atom. The van der Waals surface area contributed by atoms with Crippen molar-refractivity contribution in [3.05, 3.63) is 54.2 Å². The number of hydrogen-bond acceptors (Lipinski definition) is 3. The highest BCUT2D eigenvalue weighted by Crippen LogP contribution is 2.16. The highest BCUT2D eigenvalue weighted by Gasteiger charge is 1.97. The van der Waals surface area contributed by atoms with Gasteiger partial charge in [-0.2, -0.15) is 0 Å². The molecule has 0 saturated heterocycles. The second-order valence-corrected chi connectivity index (χ2v) is 3.22. The van der Waals surface area contributed by atoms with Crippen LogP contribution in [0.2, 0.25) is 0 Å². The summed E-state index contributed by atoms with van der Waals surface area (Å²) in [5.74, 6) is 5.00. The minimum absolute atomic E-state index is 0.433. The van der Waals surface area contributed by atoms with Gasteiger partial charge in [0.2, 0.25) is 0 Å². The zero-order valence-corrected chi connectivity index (χ0v) is 8.26. The van der Waals surface area contributed by atoms with Crippen molar-refractivity contribution in [1.82, 2.24) is 4.98 Å². The van der Waals surface area contributed by atoms with Crippen molar-refractivity contribution in [2.75, 3.05) is 0 Å². The van der Waals surface area contributed by atoms with E-state index in [2.05, 4.69) is 9.82 Å². The van der Waals surface area contributed by atoms with Crippen LogP contribution in [0.15, 0.2) is 48.7 Å². The van der Waals surface area contributed by atoms with E-state index >= 15 is 0 Å². The monoisotopic (exact) mass is 200 g/mol. The summed E-state index contributed by atoms with van der Waals surface area (Å²) in [6.07, 6.45) is 1.78. The molecule has 2 N–H and O–H groups in total. The molecule has 0 amide bonds. The smallest absolute Gasteiger partial charge is 0.0930 e. The standard InChI is InChI=1S/C12H12N2O/c13-15-9-10-4-6-11(7-5-10)12-3-1-2-8-14-12/h1-8H,9,13H2. The van der Waals surface area contributed by atoms with Crippen LogP contribution in [-0.2, 0) is 11.4 Å². The van der Waals surface area contributed by atoms with Gasteiger partial charge >= 0.3 is 0 Å². The van der Waals surface area contributed by atoms with Gasteiger partial charge in [-0.1, -0.05) is 30.3 Å². The number of benzene rings is 1. The van der Waals surface area contributed by atoms with Crippen LogP contribution in [0.1, 0.15) is 5.56 Å². The van der Waals surface area contributed by atoms with Gasteiger partial charge in [-0.15, -0.1) is 0 Å². The summed E-state index contributed by atoms with van der Waals surface area (Å²) in [7, 11) is 0. The molecule has 0 radical (unpaired) electrons. The Bertz CT molecular complexity index is 411. The number of aromatic nitrogens is 1. The Labute approximate surface area is 88.5 Å². The fraction of sp³-hybridized carbons (Fsp3) is 0.0833. The number of nitrogens with zero attached hydrogens (tertiary/aromatic N) is 1. The molecule has 3 heteroatoms. The predicted octanol–water partition coefficient (Wildman–Crippen LogP) is 2.14. The summed E-state index contributed by atoms with van der Waals surface area (Å²) in [4.78, 5) is 8.83. The Morgan fingerprint density at radius 2 is 1.87 bits per heavy atom. The van der Waals surface area contributed by atoms with Crippen molar-refractivity contribution in [2.45, 2.75) is 6.61 Å². The molecule has 1 aromatic carbocycles. The van der Waals surface area contributed by atoms with Gasteiger partial charge in [0.15, 0.2) is 0 Å². The molecule has 0 aliphatic carbocycles. The first-order valence-electron chi connectivity index (χ1n) is 4.72. The average Bonchev–Trinajstić information content (AvgIpc) is 2.32. The van der Waals surface area contributed by atoms with E-state index in [0.29, 0.717) is 6.61 Å². The van der Waals surface area contributed by atoms with Crippen molar-refractivity contribution in [1.29, 1.82) is 0 Å². The summed E-state index contributed by atoms with van der Waals surface area (Å²) >= 11 is 0. The molecule has 0 bridgehead atoms. The second kappa shape index (κ2) is 4.68. The average molecular weight is 200 g/mol. The van der Waals surface area contributed by atoms with Crippen LogP contribution in [0.4, 0.5) is 0 Å². The Balaban J connectivity index is 2.24. The molecule has 3 nitrogen and oxygen atoms in total. The zero-order valence-electron chi connectivity index (χ0n) is 8.26. The number of rotatable bonds is 3. The fourth-order valence-electron chi connectivity index (χ4n) is 1.40. The lowest BCUT2D eigenvalue weighted by molar-refractivity contribution is 0.124. The van der Waals surface area contributed by atoms with E-state index in [-0.39, 0.29) is 0 Å². The van der Waals surface area contributed by atoms with Crippen molar-refractivity contribution in [3.63, 3.8) is 0 Å². The van der Waals surface area contributed by atoms with E-state index in [1.165, 1.54) is 0 Å². The minimum Gasteiger partial charge on any atom is -0.300 e. The minimum atomic E-state index is 0.433. The molecular formula is C12H12N2O. The van der Waals surface area contributed by atoms with Gasteiger partial charge in [0.05, 0.1) is 12.3 Å². The van der Waals surface area contributed by atoms with Crippen molar-refractivity contribution in [3.8, 4) is 11.3 Å². The summed E-state index contributed by atoms with van der Waals surface area (Å²) in [6.45, 7) is 0.433. The van der Waals surface area contributed by atoms with Crippen LogP contribution < -0.4 is 5.90 Å². The van der Waals surface area contributed by atoms with Gasteiger partial charge in [0, 0.05) is 11.8 Å². The van der Waals surface area contributed by atoms with Gasteiger partial charge < -0.3 is 0 Å². The molecule has 76 valence electrons. The summed E-state index contributed by atoms with van der Waals surface area (Å²) in [6, 6.07) is 13.8. The Morgan fingerprint density at radius 3 is 2.47 bits per heavy atom. The molecular weight excluding hydrogens is 188 g/mol. The van der Waals surface area contributed by atoms with Gasteiger partial charge in [0.25, 0.3) is 0 Å². The normalized spacial score (nSPS) is 10.2. The molecule has 2 rings (SSSR count). The zero-order chi connectivity index (χ0) is 10.5. The SMILES string of the molecule is NOCc1ccc(-c2ccccn2)cc1. The van der Waals surface area contributed by atoms with Crippen molar-refractivity contribution < 1.29 is 4.84 Å². The first-order chi connectivity index (χ1) is 7.40. The maximum Gasteiger partial charge on any atom is 0.0930 e. The van der Waals surface area contributed by atoms with Gasteiger partial charge in [-0.25, -0.2) is 5.90 Å². The third-order valence-corrected chi connectivity index (χ3v) is 2.16. The lowest BCUT2D eigenvalue weighted by Gasteiger charge is -2.02. The van der Waals surface area contributed by atoms with Crippen LogP contribution in [-0.4, -0.2) is 4.98 Å². The van der Waals surface area contributed by atoms with Crippen LogP contribution in [0, 0.1) is 0 Å². The largest absolute Gasteiger partial charge is 0.300 e. The third-order valence-electron chi connectivity index (χ3n) is 2.16. The summed E-state index contributed by atoms with van der Waals surface area (Å²) < 4.78 is 0. The highest BCUT2D eigenvalue weighted by molar-refractivity contribution is 5.58. The van der Waals surface area contributed by atoms with Gasteiger partial charge in [0.1, 0.15) is 0 Å². The van der Waals surface area contributed by atoms with E-state index in [1.807, 2.05) is 42.5 Å². The van der Waals surface area contributed by atoms with Crippen LogP contribution >= 0.6 is 0 Å². The van der Waals surface area contributed by atoms with Crippen LogP contribution in [0.5, 0.6) is 0 Å². The van der Waals surface area contributed by atoms with Gasteiger partial charge in [-0.05, 0) is 17.7 Å². The van der Waals surface area contributed by atoms with Crippen molar-refractivity contribution >= 4 is 0 Å². The molecule has 0 saturated carbocycles. The Kier molecular flexibility index (Phi) is 3.07. The summed E-state index contributed by atoms with van der Waals surface area (Å²) in [5.41, 5.74) is 3.12. The first kappa shape index (κ1) is 9.83. The lowest BCUT2D eigenvalue weighted by atomic mass is 10.1. The first-order valence-corrected chi connectivity index (χ1v) is 4.72. The van der Waals surface area contributed by atoms with Crippen molar-refractivity contribution in [2.24, 2.45) is 5.90 Å². The molecule has 2 aromatic rings. The maximum absolute atomic E-state index is 5.00. The fourth-order valence-corrected chi connectivity index (χ4v) is 1.40. The molecule has 0 aliphatic heterocycles. The molecule has 0 spiro atoms. The lowest BCUT2D eigenvalue weighted by Crippen LogP contribution is -1.98. The third kappa shape index (κ3) is 2.40. The van der Waals surface area contributed by atoms with Crippen LogP contribution in [0.25, 0.3) is 11.3 Å². The number of hydrogen-bond donors (Lipinski definition) is 1. The predicted molar refractivity (Wildman–Crippen MR) is 58.6 cm³/mol. The summed E-state index contributed by atoms with van der Waals surface area (Å²) in [5, 5.41) is 0. The number of nitrogens with two attached hydrogens (primary N) is 1. The van der Waals surface area contributed by atoms with E-state index in [1.54, 1.807) is 6.20 Å². The molecule has 1 aromatic heterocycles. The van der Waals surface area contributed by atoms with E-state index in [9.17, 15) is 0 Å². The number of pyridine rings is 1. The van der Waals surface area contributed by atoms with E-state index in [0.717, 1.165) is 16.8 Å². The second-order valence-electron chi connectivity index (χ2n) is 3.22. The molecule has 0 fully saturated rings. The molecule has 15 heavy (non-hydrogen) atoms. The molecule has 0 unspecified atom stereocenters. The quantitative estimate of drug-likeness (QED) is 0.772. The maximum atomic E-state index is 5.00. The Hall–Kier alpha value is -1.71.